The van der Waals surface area contributed by atoms with Crippen LogP contribution in [0.3, 0.4) is 0 Å². The highest BCUT2D eigenvalue weighted by Crippen LogP contribution is 2.19. The van der Waals surface area contributed by atoms with Crippen LogP contribution in [0.25, 0.3) is 0 Å². The summed E-state index contributed by atoms with van der Waals surface area (Å²) in [6, 6.07) is 1.59. The van der Waals surface area contributed by atoms with E-state index in [-0.39, 0.29) is 23.9 Å². The van der Waals surface area contributed by atoms with Crippen molar-refractivity contribution in [3.8, 4) is 0 Å². The molecule has 1 fully saturated rings. The van der Waals surface area contributed by atoms with Gasteiger partial charge in [0.25, 0.3) is 0 Å². The molecule has 2 amide bonds. The van der Waals surface area contributed by atoms with E-state index in [2.05, 4.69) is 24.5 Å². The zero-order valence-corrected chi connectivity index (χ0v) is 13.1. The molecule has 0 radical (unpaired) electrons. The van der Waals surface area contributed by atoms with Crippen molar-refractivity contribution in [3.05, 3.63) is 22.4 Å². The van der Waals surface area contributed by atoms with Gasteiger partial charge in [-0.1, -0.05) is 13.8 Å². The third kappa shape index (κ3) is 3.60. The number of rotatable bonds is 4. The predicted octanol–water partition coefficient (Wildman–Crippen LogP) is 2.40. The molecule has 0 aliphatic carbocycles. The molecule has 2 unspecified atom stereocenters. The Labute approximate surface area is 124 Å². The topological polar surface area (TPSA) is 49.4 Å². The van der Waals surface area contributed by atoms with Crippen molar-refractivity contribution in [1.29, 1.82) is 0 Å². The molecule has 5 heteroatoms. The van der Waals surface area contributed by atoms with E-state index in [1.54, 1.807) is 11.3 Å². The molecule has 0 bridgehead atoms. The first-order valence-electron chi connectivity index (χ1n) is 7.08. The molecular formula is C15H22N2O2S. The molecule has 110 valence electrons. The second-order valence-electron chi connectivity index (χ2n) is 5.90. The van der Waals surface area contributed by atoms with Gasteiger partial charge in [-0.3, -0.25) is 9.59 Å². The fraction of sp³-hybridized carbons (Fsp3) is 0.600. The van der Waals surface area contributed by atoms with E-state index >= 15 is 0 Å². The maximum absolute atomic E-state index is 12.7. The van der Waals surface area contributed by atoms with Crippen LogP contribution in [0.4, 0.5) is 0 Å². The molecule has 1 aliphatic rings. The molecule has 1 aromatic heterocycles. The lowest BCUT2D eigenvalue weighted by Crippen LogP contribution is -2.46. The lowest BCUT2D eigenvalue weighted by Gasteiger charge is -2.29. The number of amides is 2. The summed E-state index contributed by atoms with van der Waals surface area (Å²) in [5.74, 6) is 0.397. The van der Waals surface area contributed by atoms with Gasteiger partial charge in [0.15, 0.2) is 0 Å². The molecule has 2 rings (SSSR count). The molecule has 2 atom stereocenters. The first-order chi connectivity index (χ1) is 9.47. The molecule has 1 aliphatic heterocycles. The van der Waals surface area contributed by atoms with Gasteiger partial charge >= 0.3 is 0 Å². The zero-order valence-electron chi connectivity index (χ0n) is 12.3. The highest BCUT2D eigenvalue weighted by Gasteiger charge is 2.34. The number of hydrogen-bond donors (Lipinski definition) is 1. The van der Waals surface area contributed by atoms with E-state index in [4.69, 9.17) is 0 Å². The summed E-state index contributed by atoms with van der Waals surface area (Å²) in [7, 11) is 0. The van der Waals surface area contributed by atoms with Crippen molar-refractivity contribution in [2.45, 2.75) is 52.2 Å². The van der Waals surface area contributed by atoms with Crippen molar-refractivity contribution in [1.82, 2.24) is 10.2 Å². The van der Waals surface area contributed by atoms with Crippen molar-refractivity contribution in [2.24, 2.45) is 5.92 Å². The molecule has 20 heavy (non-hydrogen) atoms. The van der Waals surface area contributed by atoms with E-state index in [9.17, 15) is 9.59 Å². The molecule has 0 aromatic carbocycles. The Morgan fingerprint density at radius 3 is 2.80 bits per heavy atom. The molecule has 0 saturated carbocycles. The van der Waals surface area contributed by atoms with Crippen LogP contribution in [0.5, 0.6) is 0 Å². The number of nitrogens with zero attached hydrogens (tertiary/aromatic N) is 1. The van der Waals surface area contributed by atoms with Crippen LogP contribution in [0.2, 0.25) is 0 Å². The maximum atomic E-state index is 12.7. The van der Waals surface area contributed by atoms with Gasteiger partial charge in [-0.25, -0.2) is 0 Å². The monoisotopic (exact) mass is 294 g/mol. The van der Waals surface area contributed by atoms with E-state index in [0.29, 0.717) is 25.3 Å². The van der Waals surface area contributed by atoms with E-state index < -0.39 is 0 Å². The van der Waals surface area contributed by atoms with Gasteiger partial charge in [-0.15, -0.1) is 0 Å². The summed E-state index contributed by atoms with van der Waals surface area (Å²) in [6.45, 7) is 6.67. The predicted molar refractivity (Wildman–Crippen MR) is 80.3 cm³/mol. The van der Waals surface area contributed by atoms with Crippen LogP contribution in [-0.4, -0.2) is 28.8 Å². The number of nitrogens with one attached hydrogen (secondary N) is 1. The number of thiophene rings is 1. The maximum Gasteiger partial charge on any atom is 0.245 e. The van der Waals surface area contributed by atoms with Gasteiger partial charge in [0.1, 0.15) is 6.04 Å². The van der Waals surface area contributed by atoms with Gasteiger partial charge in [0.05, 0.1) is 0 Å². The lowest BCUT2D eigenvalue weighted by atomic mass is 10.0. The van der Waals surface area contributed by atoms with Gasteiger partial charge in [0.2, 0.25) is 11.8 Å². The van der Waals surface area contributed by atoms with Crippen LogP contribution in [0.1, 0.15) is 39.2 Å². The molecule has 0 spiro atoms. The van der Waals surface area contributed by atoms with Crippen molar-refractivity contribution in [2.75, 3.05) is 0 Å². The van der Waals surface area contributed by atoms with Crippen molar-refractivity contribution < 1.29 is 9.59 Å². The normalized spacial score (nSPS) is 23.9. The summed E-state index contributed by atoms with van der Waals surface area (Å²) < 4.78 is 0. The Bertz CT molecular complexity index is 470. The Hall–Kier alpha value is -1.36. The lowest BCUT2D eigenvalue weighted by molar-refractivity contribution is -0.135. The van der Waals surface area contributed by atoms with Crippen LogP contribution < -0.4 is 5.32 Å². The van der Waals surface area contributed by atoms with Crippen molar-refractivity contribution in [3.63, 3.8) is 0 Å². The fourth-order valence-electron chi connectivity index (χ4n) is 2.56. The van der Waals surface area contributed by atoms with Gasteiger partial charge in [0, 0.05) is 19.0 Å². The number of carbonyl (C=O) groups excluding carboxylic acids is 2. The average molecular weight is 294 g/mol. The van der Waals surface area contributed by atoms with Gasteiger partial charge < -0.3 is 10.2 Å². The first kappa shape index (κ1) is 15.0. The van der Waals surface area contributed by atoms with Crippen LogP contribution >= 0.6 is 11.3 Å². The molecular weight excluding hydrogens is 272 g/mol. The third-order valence-electron chi connectivity index (χ3n) is 3.57. The number of carbonyl (C=O) groups is 2. The molecule has 4 nitrogen and oxygen atoms in total. The molecule has 1 saturated heterocycles. The minimum atomic E-state index is -0.383. The molecule has 2 heterocycles. The Morgan fingerprint density at radius 1 is 1.45 bits per heavy atom. The summed E-state index contributed by atoms with van der Waals surface area (Å²) in [5, 5.41) is 6.94. The zero-order chi connectivity index (χ0) is 14.7. The molecule has 1 N–H and O–H groups in total. The Kier molecular flexibility index (Phi) is 4.81. The standard InChI is InChI=1S/C15H22N2O2S/c1-10(2)6-13-15(19)17(8-12-4-5-20-9-12)11(3)7-14(18)16-13/h4-5,9-11,13H,6-8H2,1-3H3,(H,16,18). The summed E-state index contributed by atoms with van der Waals surface area (Å²) >= 11 is 1.63. The quantitative estimate of drug-likeness (QED) is 0.927. The highest BCUT2D eigenvalue weighted by atomic mass is 32.1. The van der Waals surface area contributed by atoms with Crippen LogP contribution in [-0.2, 0) is 16.1 Å². The minimum Gasteiger partial charge on any atom is -0.344 e. The molecule has 1 aromatic rings. The van der Waals surface area contributed by atoms with Gasteiger partial charge in [-0.2, -0.15) is 11.3 Å². The van der Waals surface area contributed by atoms with Crippen molar-refractivity contribution >= 4 is 23.2 Å². The highest BCUT2D eigenvalue weighted by molar-refractivity contribution is 7.07. The summed E-state index contributed by atoms with van der Waals surface area (Å²) in [5.41, 5.74) is 1.13. The average Bonchev–Trinajstić information content (AvgIpc) is 2.83. The first-order valence-corrected chi connectivity index (χ1v) is 8.02. The Morgan fingerprint density at radius 2 is 2.20 bits per heavy atom. The van der Waals surface area contributed by atoms with E-state index in [0.717, 1.165) is 5.56 Å². The van der Waals surface area contributed by atoms with E-state index in [1.165, 1.54) is 0 Å². The number of hydrogen-bond acceptors (Lipinski definition) is 3. The van der Waals surface area contributed by atoms with Crippen LogP contribution in [0, 0.1) is 5.92 Å². The smallest absolute Gasteiger partial charge is 0.245 e. The minimum absolute atomic E-state index is 0.0238. The van der Waals surface area contributed by atoms with E-state index in [1.807, 2.05) is 23.3 Å². The van der Waals surface area contributed by atoms with Gasteiger partial charge in [-0.05, 0) is 41.7 Å². The third-order valence-corrected chi connectivity index (χ3v) is 4.30. The fourth-order valence-corrected chi connectivity index (χ4v) is 3.21. The largest absolute Gasteiger partial charge is 0.344 e. The summed E-state index contributed by atoms with van der Waals surface area (Å²) in [6.07, 6.45) is 1.07. The summed E-state index contributed by atoms with van der Waals surface area (Å²) in [4.78, 5) is 26.4. The Balaban J connectivity index is 2.18. The van der Waals surface area contributed by atoms with Crippen LogP contribution in [0.15, 0.2) is 16.8 Å². The second-order valence-corrected chi connectivity index (χ2v) is 6.68. The SMILES string of the molecule is CC(C)CC1NC(=O)CC(C)N(Cc2ccsc2)C1=O. The second kappa shape index (κ2) is 6.39.